The molecule has 24 heavy (non-hydrogen) atoms. The average molecular weight is 324 g/mol. The molecule has 2 aromatic carbocycles. The number of hydrogen-bond donors (Lipinski definition) is 3. The van der Waals surface area contributed by atoms with Gasteiger partial charge < -0.3 is 9.72 Å². The van der Waals surface area contributed by atoms with E-state index in [0.717, 1.165) is 35.2 Å². The van der Waals surface area contributed by atoms with Gasteiger partial charge in [0.05, 0.1) is 7.11 Å². The molecular formula is C19H20N2O3. The number of fused-ring (bicyclic) bond motifs is 1. The first-order valence-electron chi connectivity index (χ1n) is 7.87. The molecular weight excluding hydrogens is 304 g/mol. The smallest absolute Gasteiger partial charge is 0.274 e. The van der Waals surface area contributed by atoms with Crippen LogP contribution >= 0.6 is 0 Å². The molecule has 0 aliphatic rings. The van der Waals surface area contributed by atoms with E-state index in [-0.39, 0.29) is 0 Å². The number of nitrogens with one attached hydrogen (secondary N) is 2. The van der Waals surface area contributed by atoms with Crippen LogP contribution in [-0.4, -0.2) is 23.2 Å². The second-order valence-corrected chi connectivity index (χ2v) is 5.66. The van der Waals surface area contributed by atoms with Crippen molar-refractivity contribution in [1.82, 2.24) is 10.5 Å². The predicted molar refractivity (Wildman–Crippen MR) is 92.7 cm³/mol. The fraction of sp³-hybridized carbons (Fsp3) is 0.211. The molecule has 0 aliphatic carbocycles. The van der Waals surface area contributed by atoms with Gasteiger partial charge in [-0.15, -0.1) is 0 Å². The van der Waals surface area contributed by atoms with Gasteiger partial charge in [0.25, 0.3) is 5.91 Å². The average Bonchev–Trinajstić information content (AvgIpc) is 2.97. The molecule has 1 amide bonds. The summed E-state index contributed by atoms with van der Waals surface area (Å²) in [5.74, 6) is 0.326. The van der Waals surface area contributed by atoms with Gasteiger partial charge in [0.2, 0.25) is 0 Å². The first-order valence-corrected chi connectivity index (χ1v) is 7.87. The van der Waals surface area contributed by atoms with Crippen LogP contribution in [0.2, 0.25) is 0 Å². The highest BCUT2D eigenvalue weighted by atomic mass is 16.5. The molecule has 124 valence electrons. The number of aromatic amines is 1. The lowest BCUT2D eigenvalue weighted by Crippen LogP contribution is -2.18. The van der Waals surface area contributed by atoms with Crippen molar-refractivity contribution in [2.24, 2.45) is 0 Å². The Bertz CT molecular complexity index is 866. The standard InChI is InChI=1S/C19H20N2O3/c1-3-15-16-9-6-13(19(22)21-23)11-18(16)20-17(15)10-12-4-7-14(24-2)8-5-12/h4-9,11,20,23H,3,10H2,1-2H3,(H,21,22). The largest absolute Gasteiger partial charge is 0.497 e. The Morgan fingerprint density at radius 3 is 2.58 bits per heavy atom. The third-order valence-corrected chi connectivity index (χ3v) is 4.25. The molecule has 1 heterocycles. The van der Waals surface area contributed by atoms with E-state index in [9.17, 15) is 4.79 Å². The summed E-state index contributed by atoms with van der Waals surface area (Å²) in [6, 6.07) is 13.4. The first kappa shape index (κ1) is 16.1. The monoisotopic (exact) mass is 324 g/mol. The number of aromatic nitrogens is 1. The molecule has 0 saturated heterocycles. The van der Waals surface area contributed by atoms with E-state index in [1.165, 1.54) is 11.1 Å². The topological polar surface area (TPSA) is 74.4 Å². The van der Waals surface area contributed by atoms with Crippen LogP contribution in [0.25, 0.3) is 10.9 Å². The van der Waals surface area contributed by atoms with E-state index in [4.69, 9.17) is 9.94 Å². The number of benzene rings is 2. The molecule has 0 radical (unpaired) electrons. The number of rotatable bonds is 5. The highest BCUT2D eigenvalue weighted by Gasteiger charge is 2.13. The van der Waals surface area contributed by atoms with Gasteiger partial charge in [0, 0.05) is 28.6 Å². The molecule has 0 saturated carbocycles. The maximum Gasteiger partial charge on any atom is 0.274 e. The zero-order chi connectivity index (χ0) is 17.1. The third-order valence-electron chi connectivity index (χ3n) is 4.25. The molecule has 1 aromatic heterocycles. The lowest BCUT2D eigenvalue weighted by atomic mass is 10.0. The Morgan fingerprint density at radius 2 is 1.96 bits per heavy atom. The quantitative estimate of drug-likeness (QED) is 0.497. The molecule has 5 heteroatoms. The summed E-state index contributed by atoms with van der Waals surface area (Å²) in [5.41, 5.74) is 6.56. The van der Waals surface area contributed by atoms with Crippen LogP contribution in [0.15, 0.2) is 42.5 Å². The Labute approximate surface area is 140 Å². The van der Waals surface area contributed by atoms with E-state index in [0.29, 0.717) is 5.56 Å². The van der Waals surface area contributed by atoms with Crippen LogP contribution in [0.3, 0.4) is 0 Å². The van der Waals surface area contributed by atoms with Crippen molar-refractivity contribution in [2.75, 3.05) is 7.11 Å². The zero-order valence-corrected chi connectivity index (χ0v) is 13.7. The Kier molecular flexibility index (Phi) is 4.53. The molecule has 0 atom stereocenters. The fourth-order valence-electron chi connectivity index (χ4n) is 3.02. The Hall–Kier alpha value is -2.79. The molecule has 0 unspecified atom stereocenters. The molecule has 0 spiro atoms. The van der Waals surface area contributed by atoms with Crippen molar-refractivity contribution in [3.63, 3.8) is 0 Å². The van der Waals surface area contributed by atoms with Gasteiger partial charge in [-0.05, 0) is 41.8 Å². The van der Waals surface area contributed by atoms with Crippen molar-refractivity contribution < 1.29 is 14.7 Å². The molecule has 5 nitrogen and oxygen atoms in total. The number of carbonyl (C=O) groups is 1. The van der Waals surface area contributed by atoms with E-state index in [1.54, 1.807) is 24.7 Å². The highest BCUT2D eigenvalue weighted by Crippen LogP contribution is 2.26. The summed E-state index contributed by atoms with van der Waals surface area (Å²) in [6.45, 7) is 2.12. The molecule has 3 rings (SSSR count). The lowest BCUT2D eigenvalue weighted by Gasteiger charge is -2.04. The van der Waals surface area contributed by atoms with E-state index < -0.39 is 5.91 Å². The van der Waals surface area contributed by atoms with Crippen LogP contribution in [-0.2, 0) is 12.8 Å². The molecule has 3 N–H and O–H groups in total. The number of H-pyrrole nitrogens is 1. The summed E-state index contributed by atoms with van der Waals surface area (Å²) in [7, 11) is 1.65. The van der Waals surface area contributed by atoms with Crippen LogP contribution in [0.1, 0.15) is 34.1 Å². The number of hydrogen-bond acceptors (Lipinski definition) is 3. The van der Waals surface area contributed by atoms with Crippen LogP contribution in [0.5, 0.6) is 5.75 Å². The summed E-state index contributed by atoms with van der Waals surface area (Å²) in [6.07, 6.45) is 1.68. The van der Waals surface area contributed by atoms with Crippen molar-refractivity contribution >= 4 is 16.8 Å². The van der Waals surface area contributed by atoms with E-state index >= 15 is 0 Å². The van der Waals surface area contributed by atoms with Crippen LogP contribution < -0.4 is 10.2 Å². The minimum Gasteiger partial charge on any atom is -0.497 e. The molecule has 0 fully saturated rings. The van der Waals surface area contributed by atoms with Crippen molar-refractivity contribution in [3.8, 4) is 5.75 Å². The summed E-state index contributed by atoms with van der Waals surface area (Å²) in [4.78, 5) is 15.0. The maximum atomic E-state index is 11.6. The molecule has 0 aliphatic heterocycles. The van der Waals surface area contributed by atoms with Gasteiger partial charge >= 0.3 is 0 Å². The number of amides is 1. The van der Waals surface area contributed by atoms with E-state index in [1.807, 2.05) is 18.2 Å². The number of carbonyl (C=O) groups excluding carboxylic acids is 1. The highest BCUT2D eigenvalue weighted by molar-refractivity contribution is 5.98. The van der Waals surface area contributed by atoms with Gasteiger partial charge in [-0.1, -0.05) is 25.1 Å². The van der Waals surface area contributed by atoms with Crippen molar-refractivity contribution in [1.29, 1.82) is 0 Å². The SMILES string of the molecule is CCc1c(Cc2ccc(OC)cc2)[nH]c2cc(C(=O)NO)ccc12. The normalized spacial score (nSPS) is 10.8. The Balaban J connectivity index is 1.98. The second-order valence-electron chi connectivity index (χ2n) is 5.66. The number of ether oxygens (including phenoxy) is 1. The van der Waals surface area contributed by atoms with Crippen LogP contribution in [0, 0.1) is 0 Å². The number of methoxy groups -OCH3 is 1. The Morgan fingerprint density at radius 1 is 1.21 bits per heavy atom. The minimum atomic E-state index is -0.513. The van der Waals surface area contributed by atoms with Gasteiger partial charge in [-0.2, -0.15) is 0 Å². The first-order chi connectivity index (χ1) is 11.7. The summed E-state index contributed by atoms with van der Waals surface area (Å²) >= 11 is 0. The van der Waals surface area contributed by atoms with Gasteiger partial charge in [0.15, 0.2) is 0 Å². The van der Waals surface area contributed by atoms with Crippen molar-refractivity contribution in [2.45, 2.75) is 19.8 Å². The lowest BCUT2D eigenvalue weighted by molar-refractivity contribution is 0.0706. The predicted octanol–water partition coefficient (Wildman–Crippen LogP) is 3.45. The van der Waals surface area contributed by atoms with E-state index in [2.05, 4.69) is 24.0 Å². The number of aryl methyl sites for hydroxylation is 1. The van der Waals surface area contributed by atoms with Crippen LogP contribution in [0.4, 0.5) is 0 Å². The summed E-state index contributed by atoms with van der Waals surface area (Å²) in [5, 5.41) is 9.89. The van der Waals surface area contributed by atoms with Gasteiger partial charge in [0.1, 0.15) is 5.75 Å². The van der Waals surface area contributed by atoms with Crippen molar-refractivity contribution in [3.05, 3.63) is 64.8 Å². The molecule has 0 bridgehead atoms. The summed E-state index contributed by atoms with van der Waals surface area (Å²) < 4.78 is 5.19. The maximum absolute atomic E-state index is 11.6. The fourth-order valence-corrected chi connectivity index (χ4v) is 3.02. The number of hydroxylamine groups is 1. The zero-order valence-electron chi connectivity index (χ0n) is 13.7. The third kappa shape index (κ3) is 2.98. The molecule has 3 aromatic rings. The van der Waals surface area contributed by atoms with Gasteiger partial charge in [-0.3, -0.25) is 10.0 Å². The second kappa shape index (κ2) is 6.76. The minimum absolute atomic E-state index is 0.421. The van der Waals surface area contributed by atoms with Gasteiger partial charge in [-0.25, -0.2) is 5.48 Å².